The van der Waals surface area contributed by atoms with Gasteiger partial charge < -0.3 is 4.90 Å². The van der Waals surface area contributed by atoms with Crippen molar-refractivity contribution < 1.29 is 4.79 Å². The van der Waals surface area contributed by atoms with Crippen molar-refractivity contribution in [3.8, 4) is 0 Å². The van der Waals surface area contributed by atoms with Crippen molar-refractivity contribution in [2.24, 2.45) is 11.8 Å². The summed E-state index contributed by atoms with van der Waals surface area (Å²) in [5, 5.41) is 2.51. The Hall–Kier alpha value is -1.69. The second kappa shape index (κ2) is 6.20. The van der Waals surface area contributed by atoms with Gasteiger partial charge in [0.15, 0.2) is 0 Å². The normalized spacial score (nSPS) is 22.2. The summed E-state index contributed by atoms with van der Waals surface area (Å²) in [5.74, 6) is 1.24. The molecule has 1 fully saturated rings. The predicted molar refractivity (Wildman–Crippen MR) is 88.0 cm³/mol. The molecule has 2 aromatic heterocycles. The number of nitrogens with zero attached hydrogens (tertiary/aromatic N) is 3. The Kier molecular flexibility index (Phi) is 4.29. The summed E-state index contributed by atoms with van der Waals surface area (Å²) in [6.45, 7) is 6.44. The van der Waals surface area contributed by atoms with Gasteiger partial charge in [-0.1, -0.05) is 13.8 Å². The number of thiophene rings is 1. The minimum atomic E-state index is -0.0561. The van der Waals surface area contributed by atoms with Crippen LogP contribution in [0.15, 0.2) is 22.6 Å². The lowest BCUT2D eigenvalue weighted by Crippen LogP contribution is -2.43. The van der Waals surface area contributed by atoms with E-state index in [1.165, 1.54) is 17.8 Å². The first kappa shape index (κ1) is 15.2. The number of carbonyl (C=O) groups is 1. The second-order valence-corrected chi connectivity index (χ2v) is 7.27. The molecular formula is C16H21N3O2S. The maximum Gasteiger partial charge on any atom is 0.262 e. The molecule has 0 bridgehead atoms. The maximum absolute atomic E-state index is 12.4. The van der Waals surface area contributed by atoms with Crippen LogP contribution in [0.3, 0.4) is 0 Å². The zero-order valence-corrected chi connectivity index (χ0v) is 13.8. The first-order valence-electron chi connectivity index (χ1n) is 7.75. The Labute approximate surface area is 133 Å². The van der Waals surface area contributed by atoms with Gasteiger partial charge in [0, 0.05) is 26.1 Å². The van der Waals surface area contributed by atoms with Crippen molar-refractivity contribution in [3.05, 3.63) is 28.1 Å². The third kappa shape index (κ3) is 3.06. The van der Waals surface area contributed by atoms with Crippen LogP contribution < -0.4 is 5.56 Å². The van der Waals surface area contributed by atoms with E-state index in [1.54, 1.807) is 17.0 Å². The maximum atomic E-state index is 12.4. The van der Waals surface area contributed by atoms with E-state index in [-0.39, 0.29) is 11.5 Å². The van der Waals surface area contributed by atoms with Gasteiger partial charge in [0.1, 0.15) is 4.83 Å². The molecule has 0 unspecified atom stereocenters. The molecule has 3 rings (SSSR count). The standard InChI is InChI=1S/C16H21N3O2S/c1-11-7-12(2)9-19(8-11)14(20)3-5-18-10-17-15-13(16(18)21)4-6-22-15/h4,6,10-12H,3,5,7-9H2,1-2H3/t11-,12+. The number of aromatic nitrogens is 2. The Bertz CT molecular complexity index is 726. The molecule has 1 amide bonds. The van der Waals surface area contributed by atoms with Crippen LogP contribution in [-0.4, -0.2) is 33.4 Å². The Morgan fingerprint density at radius 3 is 2.82 bits per heavy atom. The van der Waals surface area contributed by atoms with Crippen LogP contribution in [0.5, 0.6) is 0 Å². The van der Waals surface area contributed by atoms with Gasteiger partial charge in [-0.05, 0) is 29.7 Å². The summed E-state index contributed by atoms with van der Waals surface area (Å²) >= 11 is 1.46. The first-order chi connectivity index (χ1) is 10.5. The van der Waals surface area contributed by atoms with Crippen molar-refractivity contribution in [1.82, 2.24) is 14.5 Å². The van der Waals surface area contributed by atoms with E-state index in [4.69, 9.17) is 0 Å². The monoisotopic (exact) mass is 319 g/mol. The number of likely N-dealkylation sites (tertiary alicyclic amines) is 1. The Balaban J connectivity index is 1.67. The van der Waals surface area contributed by atoms with Gasteiger partial charge in [-0.15, -0.1) is 11.3 Å². The molecular weight excluding hydrogens is 298 g/mol. The highest BCUT2D eigenvalue weighted by Crippen LogP contribution is 2.21. The van der Waals surface area contributed by atoms with Gasteiger partial charge in [-0.3, -0.25) is 14.2 Å². The van der Waals surface area contributed by atoms with Gasteiger partial charge in [0.05, 0.1) is 11.7 Å². The summed E-state index contributed by atoms with van der Waals surface area (Å²) in [7, 11) is 0. The van der Waals surface area contributed by atoms with E-state index in [0.29, 0.717) is 30.2 Å². The lowest BCUT2D eigenvalue weighted by Gasteiger charge is -2.35. The summed E-state index contributed by atoms with van der Waals surface area (Å²) in [6.07, 6.45) is 3.09. The molecule has 1 aliphatic rings. The van der Waals surface area contributed by atoms with E-state index in [1.807, 2.05) is 10.3 Å². The molecule has 0 aromatic carbocycles. The highest BCUT2D eigenvalue weighted by Gasteiger charge is 2.25. The molecule has 1 aliphatic heterocycles. The van der Waals surface area contributed by atoms with Crippen molar-refractivity contribution in [3.63, 3.8) is 0 Å². The molecule has 3 heterocycles. The summed E-state index contributed by atoms with van der Waals surface area (Å²) in [6, 6.07) is 1.79. The number of amides is 1. The second-order valence-electron chi connectivity index (χ2n) is 6.38. The third-order valence-corrected chi connectivity index (χ3v) is 5.06. The smallest absolute Gasteiger partial charge is 0.262 e. The van der Waals surface area contributed by atoms with Crippen LogP contribution in [0.25, 0.3) is 10.2 Å². The summed E-state index contributed by atoms with van der Waals surface area (Å²) in [5.41, 5.74) is -0.0561. The largest absolute Gasteiger partial charge is 0.342 e. The highest BCUT2D eigenvalue weighted by atomic mass is 32.1. The van der Waals surface area contributed by atoms with Gasteiger partial charge >= 0.3 is 0 Å². The first-order valence-corrected chi connectivity index (χ1v) is 8.63. The van der Waals surface area contributed by atoms with Crippen LogP contribution in [0.4, 0.5) is 0 Å². The number of rotatable bonds is 3. The van der Waals surface area contributed by atoms with Crippen LogP contribution >= 0.6 is 11.3 Å². The molecule has 0 saturated carbocycles. The van der Waals surface area contributed by atoms with E-state index in [0.717, 1.165) is 17.9 Å². The quantitative estimate of drug-likeness (QED) is 0.872. The molecule has 6 heteroatoms. The third-order valence-electron chi connectivity index (χ3n) is 4.24. The number of aryl methyl sites for hydroxylation is 1. The fourth-order valence-corrected chi connectivity index (χ4v) is 4.02. The average Bonchev–Trinajstić information content (AvgIpc) is 2.94. The molecule has 0 radical (unpaired) electrons. The van der Waals surface area contributed by atoms with Gasteiger partial charge in [-0.2, -0.15) is 0 Å². The number of hydrogen-bond acceptors (Lipinski definition) is 4. The topological polar surface area (TPSA) is 55.2 Å². The number of carbonyl (C=O) groups excluding carboxylic acids is 1. The van der Waals surface area contributed by atoms with Crippen LogP contribution in [0.1, 0.15) is 26.7 Å². The van der Waals surface area contributed by atoms with E-state index in [9.17, 15) is 9.59 Å². The molecule has 2 atom stereocenters. The van der Waals surface area contributed by atoms with Gasteiger partial charge in [-0.25, -0.2) is 4.98 Å². The molecule has 0 aliphatic carbocycles. The molecule has 1 saturated heterocycles. The molecule has 2 aromatic rings. The summed E-state index contributed by atoms with van der Waals surface area (Å²) in [4.78, 5) is 31.6. The molecule has 0 N–H and O–H groups in total. The van der Waals surface area contributed by atoms with Gasteiger partial charge in [0.2, 0.25) is 5.91 Å². The highest BCUT2D eigenvalue weighted by molar-refractivity contribution is 7.16. The molecule has 5 nitrogen and oxygen atoms in total. The molecule has 0 spiro atoms. The van der Waals surface area contributed by atoms with Crippen molar-refractivity contribution in [2.45, 2.75) is 33.2 Å². The van der Waals surface area contributed by atoms with E-state index >= 15 is 0 Å². The Morgan fingerprint density at radius 2 is 2.09 bits per heavy atom. The lowest BCUT2D eigenvalue weighted by atomic mass is 9.92. The van der Waals surface area contributed by atoms with Crippen LogP contribution in [-0.2, 0) is 11.3 Å². The fraction of sp³-hybridized carbons (Fsp3) is 0.562. The minimum absolute atomic E-state index is 0.0561. The van der Waals surface area contributed by atoms with Crippen LogP contribution in [0.2, 0.25) is 0 Å². The number of hydrogen-bond donors (Lipinski definition) is 0. The Morgan fingerprint density at radius 1 is 1.36 bits per heavy atom. The lowest BCUT2D eigenvalue weighted by molar-refractivity contribution is -0.134. The molecule has 118 valence electrons. The van der Waals surface area contributed by atoms with E-state index < -0.39 is 0 Å². The van der Waals surface area contributed by atoms with Gasteiger partial charge in [0.25, 0.3) is 5.56 Å². The average molecular weight is 319 g/mol. The number of piperidine rings is 1. The SMILES string of the molecule is C[C@@H]1C[C@H](C)CN(C(=O)CCn2cnc3sccc3c2=O)C1. The number of fused-ring (bicyclic) bond motifs is 1. The zero-order chi connectivity index (χ0) is 15.7. The van der Waals surface area contributed by atoms with Crippen molar-refractivity contribution in [1.29, 1.82) is 0 Å². The van der Waals surface area contributed by atoms with Crippen molar-refractivity contribution >= 4 is 27.5 Å². The predicted octanol–water partition coefficient (Wildman–Crippen LogP) is 2.35. The minimum Gasteiger partial charge on any atom is -0.342 e. The van der Waals surface area contributed by atoms with E-state index in [2.05, 4.69) is 18.8 Å². The fourth-order valence-electron chi connectivity index (χ4n) is 3.29. The van der Waals surface area contributed by atoms with Crippen LogP contribution in [0, 0.1) is 11.8 Å². The van der Waals surface area contributed by atoms with Crippen molar-refractivity contribution in [2.75, 3.05) is 13.1 Å². The molecule has 22 heavy (non-hydrogen) atoms. The summed E-state index contributed by atoms with van der Waals surface area (Å²) < 4.78 is 1.55. The zero-order valence-electron chi connectivity index (χ0n) is 13.0.